The summed E-state index contributed by atoms with van der Waals surface area (Å²) < 4.78 is 56.0. The minimum absolute atomic E-state index is 0.00729. The molecule has 3 heterocycles. The van der Waals surface area contributed by atoms with Crippen LogP contribution in [0.5, 0.6) is 0 Å². The van der Waals surface area contributed by atoms with Crippen LogP contribution >= 0.6 is 23.4 Å². The fourth-order valence-corrected chi connectivity index (χ4v) is 6.07. The quantitative estimate of drug-likeness (QED) is 0.357. The van der Waals surface area contributed by atoms with E-state index in [9.17, 15) is 18.4 Å². The Morgan fingerprint density at radius 3 is 2.65 bits per heavy atom. The second-order valence-electron chi connectivity index (χ2n) is 11.6. The summed E-state index contributed by atoms with van der Waals surface area (Å²) in [5.41, 5.74) is 0.131. The van der Waals surface area contributed by atoms with Crippen molar-refractivity contribution in [2.45, 2.75) is 62.1 Å². The number of alkyl halides is 2. The molecule has 1 unspecified atom stereocenters. The van der Waals surface area contributed by atoms with Crippen LogP contribution in [0.1, 0.15) is 44.6 Å². The van der Waals surface area contributed by atoms with Crippen molar-refractivity contribution in [3.05, 3.63) is 58.7 Å². The van der Waals surface area contributed by atoms with E-state index in [4.69, 9.17) is 20.8 Å². The molecular weight excluding hydrogens is 607 g/mol. The molecule has 3 aromatic rings. The van der Waals surface area contributed by atoms with Crippen LogP contribution in [0, 0.1) is 5.82 Å². The Morgan fingerprint density at radius 1 is 1.23 bits per heavy atom. The maximum atomic E-state index is 15.5. The number of anilines is 1. The Hall–Kier alpha value is -3.29. The van der Waals surface area contributed by atoms with Crippen molar-refractivity contribution in [1.29, 1.82) is 0 Å². The number of aromatic nitrogens is 2. The van der Waals surface area contributed by atoms with Crippen LogP contribution in [0.25, 0.3) is 11.5 Å². The van der Waals surface area contributed by atoms with Gasteiger partial charge in [-0.05, 0) is 57.6 Å². The molecule has 1 N–H and O–H groups in total. The van der Waals surface area contributed by atoms with Gasteiger partial charge >= 0.3 is 6.09 Å². The number of thioether (sulfide) groups is 1. The molecule has 5 rings (SSSR count). The molecule has 9 nitrogen and oxygen atoms in total. The highest BCUT2D eigenvalue weighted by atomic mass is 35.5. The number of likely N-dealkylation sites (N-methyl/N-ethyl adjacent to an activating group) is 1. The van der Waals surface area contributed by atoms with E-state index in [2.05, 4.69) is 15.5 Å². The standard InChI is InChI=1S/C29H31ClF3N5O4S/c1-28(2,3)42-27(40)34-21-15-43-23-12-20(31)18(11-22(23)38(26(21)39)13-16-5-7-17(30)8-6-16)24-35-36-25(41-24)19-14-37(4)10-9-29(19,32)33/h5-8,11-12,19,21H,9-10,13-15H2,1-4H3,(H,34,40)/t19?,21-/m0/s1. The van der Waals surface area contributed by atoms with Gasteiger partial charge in [0.05, 0.1) is 17.8 Å². The Kier molecular flexibility index (Phi) is 8.70. The second-order valence-corrected chi connectivity index (χ2v) is 13.1. The van der Waals surface area contributed by atoms with Crippen LogP contribution in [0.2, 0.25) is 5.02 Å². The number of halogens is 4. The Labute approximate surface area is 256 Å². The van der Waals surface area contributed by atoms with E-state index < -0.39 is 41.3 Å². The van der Waals surface area contributed by atoms with Gasteiger partial charge in [-0.25, -0.2) is 18.0 Å². The average molecular weight is 638 g/mol. The van der Waals surface area contributed by atoms with Crippen LogP contribution in [0.3, 0.4) is 0 Å². The number of hydrogen-bond acceptors (Lipinski definition) is 8. The van der Waals surface area contributed by atoms with E-state index in [0.29, 0.717) is 15.6 Å². The van der Waals surface area contributed by atoms with Gasteiger partial charge in [-0.1, -0.05) is 23.7 Å². The summed E-state index contributed by atoms with van der Waals surface area (Å²) in [4.78, 5) is 30.1. The summed E-state index contributed by atoms with van der Waals surface area (Å²) in [5.74, 6) is -6.05. The van der Waals surface area contributed by atoms with Gasteiger partial charge in [0.15, 0.2) is 0 Å². The monoisotopic (exact) mass is 637 g/mol. The lowest BCUT2D eigenvalue weighted by molar-refractivity contribution is -0.120. The zero-order valence-corrected chi connectivity index (χ0v) is 25.6. The van der Waals surface area contributed by atoms with E-state index in [1.807, 2.05) is 0 Å². The van der Waals surface area contributed by atoms with E-state index in [1.165, 1.54) is 28.8 Å². The lowest BCUT2D eigenvalue weighted by Gasteiger charge is -2.34. The minimum atomic E-state index is -3.06. The first-order chi connectivity index (χ1) is 20.2. The van der Waals surface area contributed by atoms with Gasteiger partial charge < -0.3 is 24.3 Å². The lowest BCUT2D eigenvalue weighted by atomic mass is 9.94. The molecule has 14 heteroatoms. The maximum Gasteiger partial charge on any atom is 0.408 e. The third-order valence-corrected chi connectivity index (χ3v) is 8.44. The SMILES string of the molecule is CN1CCC(F)(F)C(c2nnc(-c3cc4c(cc3F)SC[C@H](NC(=O)OC(C)(C)C)C(=O)N4Cc3ccc(Cl)cc3)o2)C1. The third-order valence-electron chi connectivity index (χ3n) is 7.05. The fourth-order valence-electron chi connectivity index (χ4n) is 4.87. The molecule has 2 aromatic carbocycles. The Balaban J connectivity index is 1.51. The van der Waals surface area contributed by atoms with Crippen molar-refractivity contribution >= 4 is 41.1 Å². The number of ether oxygens (including phenoxy) is 1. The largest absolute Gasteiger partial charge is 0.444 e. The molecular formula is C29H31ClF3N5O4S. The van der Waals surface area contributed by atoms with Gasteiger partial charge in [0, 0.05) is 35.2 Å². The number of alkyl carbamates (subject to hydrolysis) is 1. The van der Waals surface area contributed by atoms with Crippen molar-refractivity contribution in [2.24, 2.45) is 0 Å². The van der Waals surface area contributed by atoms with Crippen molar-refractivity contribution in [2.75, 3.05) is 30.8 Å². The zero-order valence-electron chi connectivity index (χ0n) is 24.0. The molecule has 230 valence electrons. The molecule has 43 heavy (non-hydrogen) atoms. The number of carbonyl (C=O) groups is 2. The Morgan fingerprint density at radius 2 is 1.95 bits per heavy atom. The van der Waals surface area contributed by atoms with Crippen LogP contribution in [-0.2, 0) is 16.1 Å². The molecule has 2 aliphatic rings. The highest BCUT2D eigenvalue weighted by Crippen LogP contribution is 2.42. The number of piperidine rings is 1. The molecule has 2 aliphatic heterocycles. The third kappa shape index (κ3) is 7.10. The van der Waals surface area contributed by atoms with Crippen molar-refractivity contribution < 1.29 is 31.9 Å². The smallest absolute Gasteiger partial charge is 0.408 e. The van der Waals surface area contributed by atoms with Crippen LogP contribution in [-0.4, -0.2) is 70.6 Å². The number of carbonyl (C=O) groups excluding carboxylic acids is 2. The first kappa shape index (κ1) is 31.1. The van der Waals surface area contributed by atoms with E-state index >= 15 is 4.39 Å². The number of nitrogens with zero attached hydrogens (tertiary/aromatic N) is 4. The maximum absolute atomic E-state index is 15.5. The topological polar surface area (TPSA) is 101 Å². The molecule has 1 saturated heterocycles. The predicted octanol–water partition coefficient (Wildman–Crippen LogP) is 6.12. The van der Waals surface area contributed by atoms with E-state index in [1.54, 1.807) is 57.0 Å². The van der Waals surface area contributed by atoms with Crippen LogP contribution in [0.4, 0.5) is 23.7 Å². The zero-order chi connectivity index (χ0) is 31.1. The molecule has 0 saturated carbocycles. The highest BCUT2D eigenvalue weighted by Gasteiger charge is 2.47. The number of benzene rings is 2. The van der Waals surface area contributed by atoms with Gasteiger partial charge in [-0.15, -0.1) is 22.0 Å². The lowest BCUT2D eigenvalue weighted by Crippen LogP contribution is -2.50. The van der Waals surface area contributed by atoms with E-state index in [-0.39, 0.29) is 49.2 Å². The van der Waals surface area contributed by atoms with Gasteiger partial charge in [0.1, 0.15) is 23.4 Å². The molecule has 0 bridgehead atoms. The summed E-state index contributed by atoms with van der Waals surface area (Å²) in [5, 5.41) is 10.9. The van der Waals surface area contributed by atoms with Gasteiger partial charge in [0.2, 0.25) is 5.89 Å². The molecule has 1 aromatic heterocycles. The number of amides is 2. The number of hydrogen-bond donors (Lipinski definition) is 1. The fraction of sp³-hybridized carbons (Fsp3) is 0.448. The highest BCUT2D eigenvalue weighted by molar-refractivity contribution is 7.99. The molecule has 0 radical (unpaired) electrons. The van der Waals surface area contributed by atoms with E-state index in [0.717, 1.165) is 5.56 Å². The number of likely N-dealkylation sites (tertiary alicyclic amines) is 1. The average Bonchev–Trinajstić information content (AvgIpc) is 3.36. The molecule has 0 aliphatic carbocycles. The van der Waals surface area contributed by atoms with Crippen molar-refractivity contribution in [1.82, 2.24) is 20.4 Å². The second kappa shape index (κ2) is 12.0. The van der Waals surface area contributed by atoms with Crippen LogP contribution in [0.15, 0.2) is 45.7 Å². The molecule has 1 fully saturated rings. The number of fused-ring (bicyclic) bond motifs is 1. The summed E-state index contributed by atoms with van der Waals surface area (Å²) in [6, 6.07) is 8.50. The van der Waals surface area contributed by atoms with Gasteiger partial charge in [0.25, 0.3) is 17.7 Å². The van der Waals surface area contributed by atoms with Gasteiger partial charge in [-0.3, -0.25) is 4.79 Å². The normalized spacial score (nSPS) is 20.8. The predicted molar refractivity (Wildman–Crippen MR) is 156 cm³/mol. The van der Waals surface area contributed by atoms with Crippen molar-refractivity contribution in [3.63, 3.8) is 0 Å². The van der Waals surface area contributed by atoms with Crippen molar-refractivity contribution in [3.8, 4) is 11.5 Å². The first-order valence-corrected chi connectivity index (χ1v) is 15.0. The molecule has 2 amide bonds. The number of nitrogens with one attached hydrogen (secondary N) is 1. The summed E-state index contributed by atoms with van der Waals surface area (Å²) in [6.07, 6.45) is -1.13. The molecule has 2 atom stereocenters. The van der Waals surface area contributed by atoms with Gasteiger partial charge in [-0.2, -0.15) is 0 Å². The minimum Gasteiger partial charge on any atom is -0.444 e. The van der Waals surface area contributed by atoms with Crippen LogP contribution < -0.4 is 10.2 Å². The first-order valence-electron chi connectivity index (χ1n) is 13.6. The summed E-state index contributed by atoms with van der Waals surface area (Å²) >= 11 is 7.23. The summed E-state index contributed by atoms with van der Waals surface area (Å²) in [6.45, 7) is 5.42. The Bertz CT molecular complexity index is 1510. The summed E-state index contributed by atoms with van der Waals surface area (Å²) in [7, 11) is 1.72. The molecule has 0 spiro atoms. The number of rotatable bonds is 5.